The van der Waals surface area contributed by atoms with Crippen LogP contribution >= 0.6 is 0 Å². The number of esters is 1. The second-order valence-corrected chi connectivity index (χ2v) is 11.5. The summed E-state index contributed by atoms with van der Waals surface area (Å²) >= 11 is 0. The van der Waals surface area contributed by atoms with Crippen LogP contribution in [-0.4, -0.2) is 72.6 Å². The van der Waals surface area contributed by atoms with Gasteiger partial charge in [-0.25, -0.2) is 0 Å². The second kappa shape index (κ2) is 9.20. The van der Waals surface area contributed by atoms with Gasteiger partial charge in [0.05, 0.1) is 17.6 Å². The van der Waals surface area contributed by atoms with Crippen LogP contribution in [0.3, 0.4) is 0 Å². The Morgan fingerprint density at radius 2 is 1.58 bits per heavy atom. The third-order valence-electron chi connectivity index (χ3n) is 7.15. The Kier molecular flexibility index (Phi) is 7.50. The third kappa shape index (κ3) is 5.20. The van der Waals surface area contributed by atoms with E-state index in [2.05, 4.69) is 4.74 Å². The lowest BCUT2D eigenvalue weighted by Gasteiger charge is -2.59. The molecule has 0 heterocycles. The highest BCUT2D eigenvalue weighted by atomic mass is 32.2. The third-order valence-corrected chi connectivity index (χ3v) is 8.10. The quantitative estimate of drug-likeness (QED) is 0.170. The summed E-state index contributed by atoms with van der Waals surface area (Å²) in [6.07, 6.45) is -6.28. The van der Waals surface area contributed by atoms with Crippen molar-refractivity contribution >= 4 is 16.1 Å². The van der Waals surface area contributed by atoms with Crippen molar-refractivity contribution in [2.45, 2.75) is 80.6 Å². The maximum absolute atomic E-state index is 14.1. The first-order valence-corrected chi connectivity index (χ1v) is 12.6. The number of carbonyl (C=O) groups excluding carboxylic acids is 1. The summed E-state index contributed by atoms with van der Waals surface area (Å²) in [4.78, 5) is 13.2. The monoisotopic (exact) mass is 560 g/mol. The first-order chi connectivity index (χ1) is 16.2. The predicted molar refractivity (Wildman–Crippen MR) is 105 cm³/mol. The van der Waals surface area contributed by atoms with Crippen LogP contribution in [-0.2, 0) is 29.1 Å². The van der Waals surface area contributed by atoms with Gasteiger partial charge in [0, 0.05) is 13.0 Å². The van der Waals surface area contributed by atoms with Crippen molar-refractivity contribution in [2.75, 3.05) is 19.8 Å². The van der Waals surface area contributed by atoms with Gasteiger partial charge in [0.1, 0.15) is 6.61 Å². The molecule has 0 aromatic rings. The van der Waals surface area contributed by atoms with Gasteiger partial charge in [-0.15, -0.1) is 0 Å². The Hall–Kier alpha value is -1.23. The molecule has 8 nitrogen and oxygen atoms in total. The zero-order valence-electron chi connectivity index (χ0n) is 19.1. The lowest BCUT2D eigenvalue weighted by Crippen LogP contribution is -2.62. The molecule has 4 rings (SSSR count). The molecule has 3 atom stereocenters. The van der Waals surface area contributed by atoms with E-state index >= 15 is 0 Å². The minimum Gasteiger partial charge on any atom is -0.420 e. The number of halogens is 7. The van der Waals surface area contributed by atoms with E-state index in [1.165, 1.54) is 6.92 Å². The minimum absolute atomic E-state index is 0.127. The van der Waals surface area contributed by atoms with Crippen molar-refractivity contribution in [3.05, 3.63) is 0 Å². The predicted octanol–water partition coefficient (Wildman–Crippen LogP) is 3.68. The van der Waals surface area contributed by atoms with Crippen LogP contribution in [0.5, 0.6) is 0 Å². The molecule has 0 aromatic heterocycles. The number of hydrogen-bond acceptors (Lipinski definition) is 7. The van der Waals surface area contributed by atoms with E-state index in [4.69, 9.17) is 14.0 Å². The van der Waals surface area contributed by atoms with Crippen molar-refractivity contribution in [2.24, 2.45) is 17.3 Å². The molecule has 16 heteroatoms. The minimum atomic E-state index is -6.61. The number of rotatable bonds is 11. The summed E-state index contributed by atoms with van der Waals surface area (Å²) < 4.78 is 141. The number of alkyl halides is 7. The lowest BCUT2D eigenvalue weighted by atomic mass is 9.48. The molecular weight excluding hydrogens is 533 g/mol. The van der Waals surface area contributed by atoms with Crippen molar-refractivity contribution in [1.29, 1.82) is 0 Å². The highest BCUT2D eigenvalue weighted by molar-refractivity contribution is 7.87. The van der Waals surface area contributed by atoms with Crippen LogP contribution in [0.25, 0.3) is 0 Å². The van der Waals surface area contributed by atoms with Gasteiger partial charge >= 0.3 is 39.2 Å². The van der Waals surface area contributed by atoms with E-state index in [1.54, 1.807) is 0 Å². The Morgan fingerprint density at radius 1 is 1.03 bits per heavy atom. The highest BCUT2D eigenvalue weighted by Gasteiger charge is 2.68. The summed E-state index contributed by atoms with van der Waals surface area (Å²) in [5.41, 5.74) is -2.74. The lowest BCUT2D eigenvalue weighted by molar-refractivity contribution is -0.384. The normalized spacial score (nSPS) is 32.4. The van der Waals surface area contributed by atoms with Crippen LogP contribution in [0.1, 0.15) is 51.9 Å². The molecule has 0 spiro atoms. The van der Waals surface area contributed by atoms with E-state index in [0.717, 1.165) is 0 Å². The molecule has 4 aliphatic carbocycles. The van der Waals surface area contributed by atoms with E-state index in [1.807, 2.05) is 0 Å². The van der Waals surface area contributed by atoms with Crippen molar-refractivity contribution in [3.8, 4) is 0 Å². The molecule has 4 saturated carbocycles. The molecule has 0 aromatic carbocycles. The summed E-state index contributed by atoms with van der Waals surface area (Å²) in [7, 11) is -6.61. The Bertz CT molecular complexity index is 940. The topological polar surface area (TPSA) is 119 Å². The maximum atomic E-state index is 14.1. The fraction of sp³-hybridized carbons (Fsp3) is 0.950. The van der Waals surface area contributed by atoms with Gasteiger partial charge < -0.3 is 19.3 Å². The van der Waals surface area contributed by atoms with Crippen LogP contribution in [0, 0.1) is 17.3 Å². The van der Waals surface area contributed by atoms with Crippen molar-refractivity contribution in [1.82, 2.24) is 0 Å². The number of aliphatic hydroxyl groups is 1. The van der Waals surface area contributed by atoms with Gasteiger partial charge in [-0.05, 0) is 57.3 Å². The molecular formula is C20H27F7O8S. The average Bonchev–Trinajstić information content (AvgIpc) is 2.68. The molecule has 0 saturated heterocycles. The van der Waals surface area contributed by atoms with Crippen LogP contribution < -0.4 is 0 Å². The summed E-state index contributed by atoms with van der Waals surface area (Å²) in [6, 6.07) is 0. The summed E-state index contributed by atoms with van der Waals surface area (Å²) in [5, 5.41) is 4.76. The SMILES string of the molecule is CCOCC(OCCC(F)(F)C(F)(F)S(=O)(=O)O)(OC(=O)C12CC3CC(CC(O)(C3)C1)C2)C(F)(F)F. The summed E-state index contributed by atoms with van der Waals surface area (Å²) in [6.45, 7) is -2.45. The molecule has 4 bridgehead atoms. The van der Waals surface area contributed by atoms with Gasteiger partial charge in [-0.3, -0.25) is 9.35 Å². The Balaban J connectivity index is 1.84. The molecule has 4 fully saturated rings. The molecule has 210 valence electrons. The van der Waals surface area contributed by atoms with E-state index in [0.29, 0.717) is 19.3 Å². The van der Waals surface area contributed by atoms with Gasteiger partial charge in [0.2, 0.25) is 0 Å². The van der Waals surface area contributed by atoms with Crippen LogP contribution in [0.4, 0.5) is 30.7 Å². The van der Waals surface area contributed by atoms with Crippen LogP contribution in [0.15, 0.2) is 0 Å². The summed E-state index contributed by atoms with van der Waals surface area (Å²) in [5.74, 6) is -11.1. The molecule has 0 amide bonds. The fourth-order valence-corrected chi connectivity index (χ4v) is 6.43. The first kappa shape index (κ1) is 29.3. The molecule has 2 N–H and O–H groups in total. The molecule has 4 aliphatic rings. The molecule has 3 unspecified atom stereocenters. The zero-order valence-corrected chi connectivity index (χ0v) is 19.9. The highest BCUT2D eigenvalue weighted by Crippen LogP contribution is 2.62. The van der Waals surface area contributed by atoms with Gasteiger partial charge in [-0.1, -0.05) is 0 Å². The largest absolute Gasteiger partial charge is 0.458 e. The van der Waals surface area contributed by atoms with E-state index in [-0.39, 0.29) is 37.7 Å². The molecule has 0 radical (unpaired) electrons. The molecule has 0 aliphatic heterocycles. The zero-order chi connectivity index (χ0) is 27.4. The maximum Gasteiger partial charge on any atom is 0.458 e. The van der Waals surface area contributed by atoms with Crippen molar-refractivity contribution in [3.63, 3.8) is 0 Å². The molecule has 36 heavy (non-hydrogen) atoms. The van der Waals surface area contributed by atoms with E-state index in [9.17, 15) is 49.1 Å². The van der Waals surface area contributed by atoms with E-state index < -0.39 is 69.9 Å². The Labute approximate surface area is 202 Å². The van der Waals surface area contributed by atoms with Gasteiger partial charge in [0.25, 0.3) is 0 Å². The first-order valence-electron chi connectivity index (χ1n) is 11.2. The number of hydrogen-bond donors (Lipinski definition) is 2. The number of ether oxygens (including phenoxy) is 3. The van der Waals surface area contributed by atoms with Crippen molar-refractivity contribution < 1.29 is 67.8 Å². The smallest absolute Gasteiger partial charge is 0.420 e. The number of carbonyl (C=O) groups is 1. The Morgan fingerprint density at radius 3 is 2.03 bits per heavy atom. The van der Waals surface area contributed by atoms with Gasteiger partial charge in [-0.2, -0.15) is 39.2 Å². The van der Waals surface area contributed by atoms with Crippen LogP contribution in [0.2, 0.25) is 0 Å². The standard InChI is InChI=1S/C20H27F7O8S/c1-2-33-11-18(19(23,24)25,34-4-3-17(21,22)20(26,27)36(30,31)32)35-14(28)15-6-12-5-13(7-15)9-16(29,8-12)10-15/h12-13,29H,2-11H2,1H3,(H,30,31,32). The average molecular weight is 560 g/mol. The van der Waals surface area contributed by atoms with Gasteiger partial charge in [0.15, 0.2) is 0 Å². The second-order valence-electron chi connectivity index (χ2n) is 10.0. The fourth-order valence-electron chi connectivity index (χ4n) is 5.95.